The molecule has 1 aliphatic rings. The van der Waals surface area contributed by atoms with Crippen molar-refractivity contribution >= 4 is 46.3 Å². The van der Waals surface area contributed by atoms with Gasteiger partial charge in [0.2, 0.25) is 0 Å². The summed E-state index contributed by atoms with van der Waals surface area (Å²) in [5.41, 5.74) is -0.378. The highest BCUT2D eigenvalue weighted by Crippen LogP contribution is 2.52. The SMILES string of the molecule is O=C(Nc1cnc(-n2nccn2)c(Cl)c1)Nc1cnc2cc(Cl)nn2c1C1(OC(F)F)CC1. The molecule has 2 N–H and O–H groups in total. The highest BCUT2D eigenvalue weighted by atomic mass is 35.5. The van der Waals surface area contributed by atoms with Gasteiger partial charge in [-0.2, -0.15) is 24.1 Å². The van der Waals surface area contributed by atoms with Crippen LogP contribution in [0.15, 0.2) is 36.9 Å². The van der Waals surface area contributed by atoms with E-state index in [0.29, 0.717) is 18.5 Å². The summed E-state index contributed by atoms with van der Waals surface area (Å²) in [6, 6.07) is 2.24. The molecule has 4 aromatic rings. The van der Waals surface area contributed by atoms with Crippen molar-refractivity contribution in [3.63, 3.8) is 0 Å². The molecule has 5 rings (SSSR count). The van der Waals surface area contributed by atoms with E-state index in [9.17, 15) is 13.6 Å². The topological polar surface area (TPSA) is 124 Å². The van der Waals surface area contributed by atoms with Crippen LogP contribution in [0.4, 0.5) is 25.0 Å². The molecule has 0 bridgehead atoms. The lowest BCUT2D eigenvalue weighted by atomic mass is 10.2. The number of amides is 2. The Kier molecular flexibility index (Phi) is 5.31. The average molecular weight is 496 g/mol. The maximum Gasteiger partial charge on any atom is 0.346 e. The van der Waals surface area contributed by atoms with Crippen molar-refractivity contribution in [2.75, 3.05) is 10.6 Å². The van der Waals surface area contributed by atoms with Crippen molar-refractivity contribution < 1.29 is 18.3 Å². The maximum absolute atomic E-state index is 13.1. The summed E-state index contributed by atoms with van der Waals surface area (Å²) in [5, 5.41) is 17.5. The van der Waals surface area contributed by atoms with Gasteiger partial charge in [0.15, 0.2) is 16.6 Å². The number of pyridine rings is 1. The Bertz CT molecular complexity index is 1340. The fourth-order valence-corrected chi connectivity index (χ4v) is 3.80. The number of rotatable bonds is 6. The number of hydrogen-bond donors (Lipinski definition) is 2. The molecule has 1 aliphatic carbocycles. The second kappa shape index (κ2) is 8.17. The number of carbonyl (C=O) groups is 1. The van der Waals surface area contributed by atoms with Crippen molar-refractivity contribution in [3.8, 4) is 5.82 Å². The first-order valence-electron chi connectivity index (χ1n) is 9.46. The highest BCUT2D eigenvalue weighted by molar-refractivity contribution is 6.32. The van der Waals surface area contributed by atoms with E-state index in [1.54, 1.807) is 0 Å². The number of nitrogens with one attached hydrogen (secondary N) is 2. The summed E-state index contributed by atoms with van der Waals surface area (Å²) >= 11 is 12.2. The second-order valence-electron chi connectivity index (χ2n) is 7.06. The quantitative estimate of drug-likeness (QED) is 0.415. The zero-order valence-electron chi connectivity index (χ0n) is 16.4. The lowest BCUT2D eigenvalue weighted by molar-refractivity contribution is -0.178. The van der Waals surface area contributed by atoms with E-state index in [1.165, 1.54) is 46.2 Å². The second-order valence-corrected chi connectivity index (χ2v) is 7.85. The first-order chi connectivity index (χ1) is 15.8. The van der Waals surface area contributed by atoms with Gasteiger partial charge in [-0.3, -0.25) is 0 Å². The van der Waals surface area contributed by atoms with Gasteiger partial charge in [-0.1, -0.05) is 23.2 Å². The monoisotopic (exact) mass is 495 g/mol. The van der Waals surface area contributed by atoms with Gasteiger partial charge in [0, 0.05) is 6.07 Å². The Morgan fingerprint density at radius 1 is 1.12 bits per heavy atom. The van der Waals surface area contributed by atoms with Crippen LogP contribution in [0, 0.1) is 0 Å². The van der Waals surface area contributed by atoms with E-state index in [0.717, 1.165) is 0 Å². The zero-order chi connectivity index (χ0) is 23.2. The number of urea groups is 1. The minimum atomic E-state index is -3.01. The van der Waals surface area contributed by atoms with Gasteiger partial charge in [0.25, 0.3) is 0 Å². The normalized spacial score (nSPS) is 14.6. The molecule has 0 aliphatic heterocycles. The van der Waals surface area contributed by atoms with Crippen molar-refractivity contribution in [2.45, 2.75) is 25.1 Å². The number of anilines is 2. The Hall–Kier alpha value is -3.42. The van der Waals surface area contributed by atoms with Crippen LogP contribution in [-0.4, -0.2) is 47.2 Å². The largest absolute Gasteiger partial charge is 0.346 e. The van der Waals surface area contributed by atoms with Gasteiger partial charge in [-0.05, 0) is 18.9 Å². The third kappa shape index (κ3) is 4.17. The summed E-state index contributed by atoms with van der Waals surface area (Å²) in [7, 11) is 0. The van der Waals surface area contributed by atoms with E-state index in [2.05, 4.69) is 35.9 Å². The molecule has 0 atom stereocenters. The Labute approximate surface area is 193 Å². The molecule has 0 unspecified atom stereocenters. The van der Waals surface area contributed by atoms with Crippen molar-refractivity contribution in [1.29, 1.82) is 0 Å². The molecular weight excluding hydrogens is 483 g/mol. The summed E-state index contributed by atoms with van der Waals surface area (Å²) in [6.45, 7) is -3.01. The number of aromatic nitrogens is 7. The van der Waals surface area contributed by atoms with E-state index >= 15 is 0 Å². The smallest absolute Gasteiger partial charge is 0.310 e. The molecule has 1 fully saturated rings. The first-order valence-corrected chi connectivity index (χ1v) is 10.2. The molecule has 170 valence electrons. The van der Waals surface area contributed by atoms with Crippen molar-refractivity contribution in [2.24, 2.45) is 0 Å². The van der Waals surface area contributed by atoms with Gasteiger partial charge in [-0.25, -0.2) is 19.3 Å². The number of alkyl halides is 2. The number of hydrogen-bond acceptors (Lipinski definition) is 7. The van der Waals surface area contributed by atoms with E-state index < -0.39 is 18.2 Å². The zero-order valence-corrected chi connectivity index (χ0v) is 17.9. The molecule has 4 aromatic heterocycles. The van der Waals surface area contributed by atoms with Gasteiger partial charge in [-0.15, -0.1) is 4.80 Å². The average Bonchev–Trinajstić information content (AvgIpc) is 3.14. The molecule has 15 heteroatoms. The van der Waals surface area contributed by atoms with E-state index in [4.69, 9.17) is 27.9 Å². The lowest BCUT2D eigenvalue weighted by Gasteiger charge is -2.21. The highest BCUT2D eigenvalue weighted by Gasteiger charge is 2.52. The van der Waals surface area contributed by atoms with Gasteiger partial charge < -0.3 is 15.4 Å². The number of fused-ring (bicyclic) bond motifs is 1. The van der Waals surface area contributed by atoms with E-state index in [-0.39, 0.29) is 33.1 Å². The van der Waals surface area contributed by atoms with Crippen LogP contribution >= 0.6 is 23.2 Å². The predicted molar refractivity (Wildman–Crippen MR) is 113 cm³/mol. The summed E-state index contributed by atoms with van der Waals surface area (Å²) in [5.74, 6) is 0.278. The molecular formula is C18H13Cl2F2N9O2. The molecule has 1 saturated carbocycles. The number of nitrogens with zero attached hydrogens (tertiary/aromatic N) is 7. The van der Waals surface area contributed by atoms with Crippen molar-refractivity contribution in [1.82, 2.24) is 34.6 Å². The summed E-state index contributed by atoms with van der Waals surface area (Å²) in [4.78, 5) is 22.2. The van der Waals surface area contributed by atoms with Crippen LogP contribution in [0.2, 0.25) is 10.2 Å². The van der Waals surface area contributed by atoms with Crippen LogP contribution in [0.25, 0.3) is 11.5 Å². The van der Waals surface area contributed by atoms with Crippen LogP contribution in [0.1, 0.15) is 18.5 Å². The van der Waals surface area contributed by atoms with E-state index in [1.807, 2.05) is 0 Å². The summed E-state index contributed by atoms with van der Waals surface area (Å²) < 4.78 is 32.4. The molecule has 0 aromatic carbocycles. The molecule has 4 heterocycles. The standard InChI is InChI=1S/C18H13Cl2F2N9O2/c19-10-5-9(7-24-15(10)31-25-3-4-26-31)27-17(32)28-11-8-23-13-6-12(20)29-30(13)14(11)18(1-2-18)33-16(21)22/h3-8,16H,1-2H2,(H2,27,28,32). The predicted octanol–water partition coefficient (Wildman–Crippen LogP) is 3.88. The fraction of sp³-hybridized carbons (Fsp3) is 0.222. The fourth-order valence-electron chi connectivity index (χ4n) is 3.39. The molecule has 11 nitrogen and oxygen atoms in total. The number of carbonyl (C=O) groups excluding carboxylic acids is 1. The van der Waals surface area contributed by atoms with Crippen LogP contribution < -0.4 is 10.6 Å². The maximum atomic E-state index is 13.1. The van der Waals surface area contributed by atoms with Crippen LogP contribution in [0.3, 0.4) is 0 Å². The van der Waals surface area contributed by atoms with Crippen LogP contribution in [-0.2, 0) is 10.3 Å². The summed E-state index contributed by atoms with van der Waals surface area (Å²) in [6.07, 6.45) is 6.25. The van der Waals surface area contributed by atoms with Gasteiger partial charge in [0.1, 0.15) is 11.3 Å². The van der Waals surface area contributed by atoms with Crippen LogP contribution in [0.5, 0.6) is 0 Å². The Morgan fingerprint density at radius 3 is 2.55 bits per heavy atom. The molecule has 2 amide bonds. The number of ether oxygens (including phenoxy) is 1. The minimum Gasteiger partial charge on any atom is -0.310 e. The Balaban J connectivity index is 1.42. The third-order valence-electron chi connectivity index (χ3n) is 4.84. The lowest BCUT2D eigenvalue weighted by Crippen LogP contribution is -2.26. The molecule has 0 radical (unpaired) electrons. The first kappa shape index (κ1) is 21.4. The molecule has 0 saturated heterocycles. The molecule has 33 heavy (non-hydrogen) atoms. The van der Waals surface area contributed by atoms with Crippen molar-refractivity contribution in [3.05, 3.63) is 52.8 Å². The Morgan fingerprint density at radius 2 is 1.88 bits per heavy atom. The number of halogens is 4. The van der Waals surface area contributed by atoms with Gasteiger partial charge >= 0.3 is 12.6 Å². The minimum absolute atomic E-state index is 0.116. The molecule has 0 spiro atoms. The third-order valence-corrected chi connectivity index (χ3v) is 5.30. The van der Waals surface area contributed by atoms with Gasteiger partial charge in [0.05, 0.1) is 41.2 Å².